The number of nitrogens with one attached hydrogen (secondary N) is 2. The van der Waals surface area contributed by atoms with Crippen LogP contribution >= 0.6 is 0 Å². The van der Waals surface area contributed by atoms with Crippen LogP contribution in [0.15, 0.2) is 16.8 Å². The molecule has 7 heteroatoms. The van der Waals surface area contributed by atoms with Crippen molar-refractivity contribution in [1.29, 1.82) is 0 Å². The zero-order valence-corrected chi connectivity index (χ0v) is 13.9. The van der Waals surface area contributed by atoms with E-state index in [9.17, 15) is 4.79 Å². The number of carbonyl (C=O) groups excluding carboxylic acids is 1. The van der Waals surface area contributed by atoms with Crippen molar-refractivity contribution in [3.05, 3.63) is 34.9 Å². The predicted octanol–water partition coefficient (Wildman–Crippen LogP) is 3.51. The summed E-state index contributed by atoms with van der Waals surface area (Å²) in [4.78, 5) is 24.5. The van der Waals surface area contributed by atoms with Crippen molar-refractivity contribution in [1.82, 2.24) is 20.1 Å². The molecule has 0 aliphatic heterocycles. The van der Waals surface area contributed by atoms with Crippen LogP contribution in [-0.2, 0) is 0 Å². The van der Waals surface area contributed by atoms with Crippen molar-refractivity contribution in [2.75, 3.05) is 5.32 Å². The molecule has 1 fully saturated rings. The number of fused-ring (bicyclic) bond motifs is 1. The van der Waals surface area contributed by atoms with Crippen molar-refractivity contribution in [3.8, 4) is 0 Å². The maximum Gasteiger partial charge on any atom is 0.259 e. The Bertz CT molecular complexity index is 920. The van der Waals surface area contributed by atoms with E-state index in [1.165, 1.54) is 0 Å². The van der Waals surface area contributed by atoms with Gasteiger partial charge in [0.05, 0.1) is 16.6 Å². The molecule has 24 heavy (non-hydrogen) atoms. The third kappa shape index (κ3) is 2.55. The molecule has 0 radical (unpaired) electrons. The minimum atomic E-state index is -0.233. The van der Waals surface area contributed by atoms with Crippen LogP contribution in [0.1, 0.15) is 66.0 Å². The van der Waals surface area contributed by atoms with Gasteiger partial charge in [0.1, 0.15) is 0 Å². The molecule has 7 nitrogen and oxygen atoms in total. The molecule has 0 unspecified atom stereocenters. The lowest BCUT2D eigenvalue weighted by atomic mass is 10.0. The molecular weight excluding hydrogens is 306 g/mol. The summed E-state index contributed by atoms with van der Waals surface area (Å²) in [5.41, 5.74) is 3.51. The van der Waals surface area contributed by atoms with Crippen LogP contribution in [0.25, 0.3) is 11.1 Å². The topological polar surface area (TPSA) is 96.7 Å². The molecule has 4 rings (SSSR count). The Morgan fingerprint density at radius 2 is 2.21 bits per heavy atom. The molecule has 0 aromatic carbocycles. The third-order valence-electron chi connectivity index (χ3n) is 4.21. The normalized spacial score (nSPS) is 14.5. The summed E-state index contributed by atoms with van der Waals surface area (Å²) in [6.45, 7) is 5.92. The van der Waals surface area contributed by atoms with Gasteiger partial charge in [0, 0.05) is 23.5 Å². The number of hydrogen-bond donors (Lipinski definition) is 2. The monoisotopic (exact) mass is 325 g/mol. The molecule has 0 saturated heterocycles. The summed E-state index contributed by atoms with van der Waals surface area (Å²) < 4.78 is 5.41. The van der Waals surface area contributed by atoms with Crippen LogP contribution in [0.4, 0.5) is 5.95 Å². The number of imidazole rings is 1. The highest BCUT2D eigenvalue weighted by molar-refractivity contribution is 6.12. The molecule has 1 saturated carbocycles. The zero-order valence-electron chi connectivity index (χ0n) is 13.9. The zero-order chi connectivity index (χ0) is 16.8. The molecule has 1 aliphatic rings. The number of aryl methyl sites for hydroxylation is 1. The van der Waals surface area contributed by atoms with Gasteiger partial charge in [0.15, 0.2) is 0 Å². The summed E-state index contributed by atoms with van der Waals surface area (Å²) in [6.07, 6.45) is 3.87. The second kappa shape index (κ2) is 5.43. The van der Waals surface area contributed by atoms with Gasteiger partial charge >= 0.3 is 0 Å². The van der Waals surface area contributed by atoms with Gasteiger partial charge in [-0.25, -0.2) is 9.97 Å². The van der Waals surface area contributed by atoms with Crippen LogP contribution in [0.3, 0.4) is 0 Å². The molecule has 3 heterocycles. The van der Waals surface area contributed by atoms with Gasteiger partial charge in [-0.1, -0.05) is 19.0 Å². The summed E-state index contributed by atoms with van der Waals surface area (Å²) in [6, 6.07) is 1.87. The second-order valence-electron chi connectivity index (χ2n) is 6.64. The third-order valence-corrected chi connectivity index (χ3v) is 4.21. The van der Waals surface area contributed by atoms with Gasteiger partial charge in [-0.05, 0) is 31.7 Å². The number of nitrogens with zero attached hydrogens (tertiary/aromatic N) is 3. The van der Waals surface area contributed by atoms with Gasteiger partial charge in [-0.15, -0.1) is 0 Å². The average Bonchev–Trinajstić information content (AvgIpc) is 3.18. The Labute approximate surface area is 138 Å². The van der Waals surface area contributed by atoms with E-state index >= 15 is 0 Å². The minimum Gasteiger partial charge on any atom is -0.335 e. The first kappa shape index (κ1) is 14.9. The first-order chi connectivity index (χ1) is 11.5. The van der Waals surface area contributed by atoms with Crippen molar-refractivity contribution in [3.63, 3.8) is 0 Å². The van der Waals surface area contributed by atoms with Crippen LogP contribution in [-0.4, -0.2) is 26.0 Å². The Balaban J connectivity index is 1.81. The smallest absolute Gasteiger partial charge is 0.259 e. The summed E-state index contributed by atoms with van der Waals surface area (Å²) in [5, 5.41) is 7.63. The number of anilines is 1. The first-order valence-electron chi connectivity index (χ1n) is 8.16. The van der Waals surface area contributed by atoms with E-state index in [1.54, 1.807) is 6.20 Å². The van der Waals surface area contributed by atoms with Gasteiger partial charge < -0.3 is 9.51 Å². The molecule has 0 bridgehead atoms. The van der Waals surface area contributed by atoms with Crippen LogP contribution in [0.2, 0.25) is 0 Å². The van der Waals surface area contributed by atoms with E-state index in [-0.39, 0.29) is 11.8 Å². The van der Waals surface area contributed by atoms with E-state index in [0.29, 0.717) is 28.5 Å². The quantitative estimate of drug-likeness (QED) is 0.765. The van der Waals surface area contributed by atoms with Crippen molar-refractivity contribution in [2.24, 2.45) is 0 Å². The summed E-state index contributed by atoms with van der Waals surface area (Å²) in [5.74, 6) is 0.748. The van der Waals surface area contributed by atoms with Gasteiger partial charge in [-0.3, -0.25) is 10.1 Å². The van der Waals surface area contributed by atoms with Crippen molar-refractivity contribution < 1.29 is 9.32 Å². The molecule has 0 spiro atoms. The van der Waals surface area contributed by atoms with Crippen LogP contribution in [0, 0.1) is 6.92 Å². The van der Waals surface area contributed by atoms with Gasteiger partial charge in [0.25, 0.3) is 11.6 Å². The lowest BCUT2D eigenvalue weighted by Gasteiger charge is -2.07. The number of carbonyl (C=O) groups is 1. The van der Waals surface area contributed by atoms with Crippen LogP contribution in [0.5, 0.6) is 0 Å². The Kier molecular flexibility index (Phi) is 3.37. The van der Waals surface area contributed by atoms with Gasteiger partial charge in [-0.2, -0.15) is 0 Å². The average molecular weight is 325 g/mol. The minimum absolute atomic E-state index is 0.136. The maximum atomic E-state index is 12.8. The highest BCUT2D eigenvalue weighted by Crippen LogP contribution is 2.41. The number of rotatable bonds is 4. The summed E-state index contributed by atoms with van der Waals surface area (Å²) >= 11 is 0. The largest absolute Gasteiger partial charge is 0.335 e. The second-order valence-corrected chi connectivity index (χ2v) is 6.64. The lowest BCUT2D eigenvalue weighted by molar-refractivity contribution is 0.102. The predicted molar refractivity (Wildman–Crippen MR) is 89.1 cm³/mol. The first-order valence-corrected chi connectivity index (χ1v) is 8.16. The number of aromatic nitrogens is 4. The number of pyridine rings is 1. The number of hydrogen-bond acceptors (Lipinski definition) is 5. The summed E-state index contributed by atoms with van der Waals surface area (Å²) in [7, 11) is 0. The molecule has 1 aliphatic carbocycles. The van der Waals surface area contributed by atoms with Crippen molar-refractivity contribution in [2.45, 2.75) is 45.4 Å². The van der Waals surface area contributed by atoms with E-state index in [0.717, 1.165) is 29.9 Å². The van der Waals surface area contributed by atoms with E-state index in [4.69, 9.17) is 4.52 Å². The molecule has 3 aromatic rings. The Morgan fingerprint density at radius 1 is 1.42 bits per heavy atom. The number of H-pyrrole nitrogens is 1. The fourth-order valence-electron chi connectivity index (χ4n) is 2.80. The molecule has 3 aromatic heterocycles. The number of amides is 1. The molecule has 0 atom stereocenters. The Morgan fingerprint density at radius 3 is 2.83 bits per heavy atom. The molecule has 124 valence electrons. The fourth-order valence-corrected chi connectivity index (χ4v) is 2.80. The Hall–Kier alpha value is -2.70. The standard InChI is InChI=1S/C17H19N5O2/c1-8(2)14-13-11(15(23)21-17-18-7-9(3)19-17)6-12(10-4-5-10)20-16(13)24-22-14/h6-8,10H,4-5H2,1-3H3,(H2,18,19,21,23). The van der Waals surface area contributed by atoms with Gasteiger partial charge in [0.2, 0.25) is 5.95 Å². The molecule has 1 amide bonds. The van der Waals surface area contributed by atoms with E-state index < -0.39 is 0 Å². The lowest BCUT2D eigenvalue weighted by Crippen LogP contribution is -2.14. The highest BCUT2D eigenvalue weighted by atomic mass is 16.5. The highest BCUT2D eigenvalue weighted by Gasteiger charge is 2.29. The van der Waals surface area contributed by atoms with Crippen LogP contribution < -0.4 is 5.32 Å². The van der Waals surface area contributed by atoms with Crippen molar-refractivity contribution >= 4 is 23.0 Å². The molecule has 2 N–H and O–H groups in total. The SMILES string of the molecule is Cc1cnc(NC(=O)c2cc(C3CC3)nc3onc(C(C)C)c23)[nH]1. The maximum absolute atomic E-state index is 12.8. The van der Waals surface area contributed by atoms with E-state index in [1.807, 2.05) is 26.8 Å². The number of aromatic amines is 1. The van der Waals surface area contributed by atoms with E-state index in [2.05, 4.69) is 25.4 Å². The molecular formula is C17H19N5O2. The fraction of sp³-hybridized carbons (Fsp3) is 0.412.